The van der Waals surface area contributed by atoms with Crippen LogP contribution in [0, 0.1) is 0 Å². The second-order valence-electron chi connectivity index (χ2n) is 7.45. The summed E-state index contributed by atoms with van der Waals surface area (Å²) in [5.41, 5.74) is 1.79. The Morgan fingerprint density at radius 2 is 1.34 bits per heavy atom. The molecule has 0 saturated carbocycles. The van der Waals surface area contributed by atoms with Crippen molar-refractivity contribution in [2.45, 2.75) is 0 Å². The molecule has 1 heteroatoms. The van der Waals surface area contributed by atoms with Crippen molar-refractivity contribution < 1.29 is 12.3 Å². The van der Waals surface area contributed by atoms with Gasteiger partial charge in [-0.2, -0.15) is 0 Å². The molecule has 0 N–H and O–H groups in total. The summed E-state index contributed by atoms with van der Waals surface area (Å²) in [4.78, 5) is 0. The number of fused-ring (bicyclic) bond motifs is 4. The molecule has 1 heterocycles. The lowest BCUT2D eigenvalue weighted by Gasteiger charge is -2.17. The molecule has 7 rings (SSSR count). The van der Waals surface area contributed by atoms with E-state index in [0.717, 1.165) is 32.3 Å². The molecule has 0 nitrogen and oxygen atoms in total. The lowest BCUT2D eigenvalue weighted by atomic mass is 9.38. The van der Waals surface area contributed by atoms with Crippen LogP contribution in [0.1, 0.15) is 12.3 Å². The lowest BCUT2D eigenvalue weighted by molar-refractivity contribution is 1.73. The van der Waals surface area contributed by atoms with E-state index in [0.29, 0.717) is 16.6 Å². The van der Waals surface area contributed by atoms with Gasteiger partial charge >= 0.3 is 0 Å². The SMILES string of the molecule is [2H]c1c([2H])c([2H])c(B2c3c([2H])c([2H])c([2H])c([2H])c3-c3cc4ccc5cccc6ccc(c32)c4c56)c([2H])c1[2H]. The Balaban J connectivity index is 1.75. The molecular formula is C28H17B. The van der Waals surface area contributed by atoms with Gasteiger partial charge in [-0.25, -0.2) is 0 Å². The first-order valence-corrected chi connectivity index (χ1v) is 9.51. The maximum Gasteiger partial charge on any atom is 0.243 e. The first-order chi connectivity index (χ1) is 18.1. The summed E-state index contributed by atoms with van der Waals surface area (Å²) >= 11 is 0. The van der Waals surface area contributed by atoms with E-state index in [9.17, 15) is 0 Å². The van der Waals surface area contributed by atoms with Crippen molar-refractivity contribution in [1.82, 2.24) is 0 Å². The lowest BCUT2D eigenvalue weighted by Crippen LogP contribution is -2.49. The normalized spacial score (nSPS) is 17.1. The van der Waals surface area contributed by atoms with E-state index < -0.39 is 30.9 Å². The molecule has 0 aromatic heterocycles. The molecule has 0 fully saturated rings. The smallest absolute Gasteiger partial charge is 0.0686 e. The quantitative estimate of drug-likeness (QED) is 0.278. The highest BCUT2D eigenvalue weighted by Gasteiger charge is 2.35. The van der Waals surface area contributed by atoms with Crippen LogP contribution in [-0.2, 0) is 0 Å². The number of hydrogen-bond acceptors (Lipinski definition) is 0. The third kappa shape index (κ3) is 1.95. The second-order valence-corrected chi connectivity index (χ2v) is 7.45. The van der Waals surface area contributed by atoms with Gasteiger partial charge in [0.05, 0.1) is 12.3 Å². The summed E-state index contributed by atoms with van der Waals surface area (Å²) in [5, 5.41) is 5.79. The monoisotopic (exact) mass is 373 g/mol. The van der Waals surface area contributed by atoms with Crippen LogP contribution >= 0.6 is 0 Å². The average molecular weight is 373 g/mol. The fourth-order valence-electron chi connectivity index (χ4n) is 4.94. The fourth-order valence-corrected chi connectivity index (χ4v) is 4.94. The van der Waals surface area contributed by atoms with E-state index >= 15 is 0 Å². The summed E-state index contributed by atoms with van der Waals surface area (Å²) in [6, 6.07) is 12.4. The molecule has 1 aliphatic heterocycles. The van der Waals surface area contributed by atoms with Crippen LogP contribution < -0.4 is 16.4 Å². The zero-order valence-corrected chi connectivity index (χ0v) is 15.2. The van der Waals surface area contributed by atoms with Crippen LogP contribution in [0.4, 0.5) is 0 Å². The maximum absolute atomic E-state index is 8.85. The van der Waals surface area contributed by atoms with Crippen molar-refractivity contribution >= 4 is 55.4 Å². The van der Waals surface area contributed by atoms with E-state index in [1.165, 1.54) is 0 Å². The molecule has 0 aliphatic carbocycles. The van der Waals surface area contributed by atoms with E-state index in [4.69, 9.17) is 12.3 Å². The number of rotatable bonds is 1. The Kier molecular flexibility index (Phi) is 1.76. The zero-order chi connectivity index (χ0) is 26.8. The fraction of sp³-hybridized carbons (Fsp3) is 0. The van der Waals surface area contributed by atoms with Crippen LogP contribution in [0.5, 0.6) is 0 Å². The largest absolute Gasteiger partial charge is 0.243 e. The van der Waals surface area contributed by atoms with Crippen molar-refractivity contribution in [1.29, 1.82) is 0 Å². The third-order valence-corrected chi connectivity index (χ3v) is 6.06. The Morgan fingerprint density at radius 3 is 2.21 bits per heavy atom. The Hall–Kier alpha value is -3.58. The van der Waals surface area contributed by atoms with E-state index in [1.807, 2.05) is 48.5 Å². The molecule has 0 bridgehead atoms. The summed E-state index contributed by atoms with van der Waals surface area (Å²) in [5.74, 6) is 0. The molecule has 29 heavy (non-hydrogen) atoms. The summed E-state index contributed by atoms with van der Waals surface area (Å²) in [7, 11) is 0. The molecule has 132 valence electrons. The number of hydrogen-bond donors (Lipinski definition) is 0. The Morgan fingerprint density at radius 1 is 0.621 bits per heavy atom. The van der Waals surface area contributed by atoms with Crippen molar-refractivity contribution in [3.63, 3.8) is 0 Å². The zero-order valence-electron chi connectivity index (χ0n) is 24.2. The van der Waals surface area contributed by atoms with E-state index in [1.54, 1.807) is 0 Å². The van der Waals surface area contributed by atoms with Gasteiger partial charge in [-0.1, -0.05) is 113 Å². The van der Waals surface area contributed by atoms with Crippen LogP contribution in [0.15, 0.2) is 103 Å². The first kappa shape index (κ1) is 9.28. The van der Waals surface area contributed by atoms with Crippen LogP contribution in [0.25, 0.3) is 43.4 Å². The Labute approximate surface area is 182 Å². The topological polar surface area (TPSA) is 0 Å². The highest BCUT2D eigenvalue weighted by atomic mass is 14.2. The minimum Gasteiger partial charge on any atom is -0.0686 e. The molecule has 0 amide bonds. The highest BCUT2D eigenvalue weighted by Crippen LogP contribution is 2.37. The predicted molar refractivity (Wildman–Crippen MR) is 127 cm³/mol. The molecule has 0 saturated heterocycles. The van der Waals surface area contributed by atoms with Crippen molar-refractivity contribution in [2.75, 3.05) is 0 Å². The predicted octanol–water partition coefficient (Wildman–Crippen LogP) is 5.08. The van der Waals surface area contributed by atoms with Gasteiger partial charge in [0.25, 0.3) is 0 Å². The van der Waals surface area contributed by atoms with Gasteiger partial charge in [0.15, 0.2) is 0 Å². The van der Waals surface area contributed by atoms with Crippen LogP contribution in [-0.4, -0.2) is 6.71 Å². The van der Waals surface area contributed by atoms with Crippen molar-refractivity contribution in [3.8, 4) is 11.1 Å². The summed E-state index contributed by atoms with van der Waals surface area (Å²) in [6.45, 7) is -0.973. The standard InChI is InChI=1S/C28H17B/c1-2-9-21(10-3-1)29-25-12-5-4-11-22(25)24-17-20-14-13-18-7-6-8-19-15-16-23(28(24)29)27(20)26(18)19/h1-17H/i1D,2D,3D,4D,5D,9D,10D,11D,12D. The summed E-state index contributed by atoms with van der Waals surface area (Å²) in [6.07, 6.45) is 0. The minimum atomic E-state index is -0.973. The molecule has 0 unspecified atom stereocenters. The maximum atomic E-state index is 8.85. The van der Waals surface area contributed by atoms with Crippen molar-refractivity contribution in [2.24, 2.45) is 0 Å². The minimum absolute atomic E-state index is 0.0102. The molecule has 0 atom stereocenters. The van der Waals surface area contributed by atoms with Crippen LogP contribution in [0.3, 0.4) is 0 Å². The third-order valence-electron chi connectivity index (χ3n) is 6.06. The van der Waals surface area contributed by atoms with Gasteiger partial charge in [-0.15, -0.1) is 0 Å². The average Bonchev–Trinajstić information content (AvgIpc) is 3.26. The van der Waals surface area contributed by atoms with Crippen LogP contribution in [0.2, 0.25) is 0 Å². The highest BCUT2D eigenvalue weighted by molar-refractivity contribution is 7.00. The summed E-state index contributed by atoms with van der Waals surface area (Å²) < 4.78 is 76.6. The van der Waals surface area contributed by atoms with Gasteiger partial charge in [0.2, 0.25) is 6.71 Å². The van der Waals surface area contributed by atoms with E-state index in [-0.39, 0.29) is 41.1 Å². The van der Waals surface area contributed by atoms with Gasteiger partial charge in [0.1, 0.15) is 0 Å². The molecule has 1 aliphatic rings. The van der Waals surface area contributed by atoms with E-state index in [2.05, 4.69) is 0 Å². The molecular weight excluding hydrogens is 347 g/mol. The van der Waals surface area contributed by atoms with Gasteiger partial charge in [-0.3, -0.25) is 0 Å². The Bertz CT molecular complexity index is 1990. The van der Waals surface area contributed by atoms with Gasteiger partial charge < -0.3 is 0 Å². The molecule has 0 spiro atoms. The second kappa shape index (κ2) is 5.49. The molecule has 0 radical (unpaired) electrons. The molecule has 6 aromatic carbocycles. The van der Waals surface area contributed by atoms with Gasteiger partial charge in [0, 0.05) is 0 Å². The van der Waals surface area contributed by atoms with Gasteiger partial charge in [-0.05, 0) is 49.5 Å². The number of benzene rings is 6. The molecule has 6 aromatic rings. The van der Waals surface area contributed by atoms with Crippen molar-refractivity contribution in [3.05, 3.63) is 103 Å². The first-order valence-electron chi connectivity index (χ1n) is 14.0.